The molecule has 0 amide bonds. The van der Waals surface area contributed by atoms with Gasteiger partial charge in [-0.2, -0.15) is 11.3 Å². The summed E-state index contributed by atoms with van der Waals surface area (Å²) in [6, 6.07) is 9.74. The summed E-state index contributed by atoms with van der Waals surface area (Å²) >= 11 is 1.64. The molecule has 0 atom stereocenters. The van der Waals surface area contributed by atoms with Crippen LogP contribution in [0.5, 0.6) is 0 Å². The molecule has 14 heavy (non-hydrogen) atoms. The van der Waals surface area contributed by atoms with Gasteiger partial charge in [-0.3, -0.25) is 4.79 Å². The average molecular weight is 202 g/mol. The van der Waals surface area contributed by atoms with Crippen molar-refractivity contribution in [3.63, 3.8) is 0 Å². The van der Waals surface area contributed by atoms with Crippen molar-refractivity contribution in [3.8, 4) is 11.1 Å². The predicted molar refractivity (Wildman–Crippen MR) is 59.8 cm³/mol. The summed E-state index contributed by atoms with van der Waals surface area (Å²) in [5, 5.41) is 4.08. The van der Waals surface area contributed by atoms with Gasteiger partial charge in [-0.1, -0.05) is 24.3 Å². The van der Waals surface area contributed by atoms with Gasteiger partial charge in [0.1, 0.15) is 0 Å². The van der Waals surface area contributed by atoms with Gasteiger partial charge in [-0.15, -0.1) is 0 Å². The molecule has 1 aromatic heterocycles. The van der Waals surface area contributed by atoms with Gasteiger partial charge in [0.05, 0.1) is 0 Å². The molecule has 0 bridgehead atoms. The van der Waals surface area contributed by atoms with E-state index in [2.05, 4.69) is 5.38 Å². The Hall–Kier alpha value is -1.41. The Balaban J connectivity index is 2.58. The topological polar surface area (TPSA) is 17.1 Å². The number of carbonyl (C=O) groups is 1. The van der Waals surface area contributed by atoms with Crippen molar-refractivity contribution in [1.29, 1.82) is 0 Å². The zero-order valence-corrected chi connectivity index (χ0v) is 8.67. The smallest absolute Gasteiger partial charge is 0.160 e. The lowest BCUT2D eigenvalue weighted by atomic mass is 10.00. The highest BCUT2D eigenvalue weighted by Crippen LogP contribution is 2.25. The van der Waals surface area contributed by atoms with E-state index in [1.54, 1.807) is 18.3 Å². The second-order valence-corrected chi connectivity index (χ2v) is 3.89. The van der Waals surface area contributed by atoms with Crippen LogP contribution >= 0.6 is 11.3 Å². The largest absolute Gasteiger partial charge is 0.294 e. The van der Waals surface area contributed by atoms with Crippen molar-refractivity contribution in [1.82, 2.24) is 0 Å². The van der Waals surface area contributed by atoms with E-state index in [4.69, 9.17) is 0 Å². The molecule has 2 heteroatoms. The Morgan fingerprint density at radius 2 is 2.00 bits per heavy atom. The molecule has 1 nitrogen and oxygen atoms in total. The maximum absolute atomic E-state index is 11.4. The van der Waals surface area contributed by atoms with Crippen LogP contribution < -0.4 is 0 Å². The third kappa shape index (κ3) is 1.61. The maximum Gasteiger partial charge on any atom is 0.160 e. The molecule has 0 N–H and O–H groups in total. The van der Waals surface area contributed by atoms with Crippen LogP contribution in [0.2, 0.25) is 0 Å². The van der Waals surface area contributed by atoms with Gasteiger partial charge in [0.15, 0.2) is 5.78 Å². The lowest BCUT2D eigenvalue weighted by Gasteiger charge is -2.03. The number of Topliss-reactive ketones (excluding diaryl/α,β-unsaturated/α-hetero) is 1. The highest BCUT2D eigenvalue weighted by Gasteiger charge is 2.07. The number of carbonyl (C=O) groups excluding carboxylic acids is 1. The third-order valence-corrected chi connectivity index (χ3v) is 2.82. The first-order valence-corrected chi connectivity index (χ1v) is 5.36. The molecule has 2 aromatic rings. The minimum absolute atomic E-state index is 0.117. The third-order valence-electron chi connectivity index (χ3n) is 2.14. The molecule has 70 valence electrons. The standard InChI is InChI=1S/C12H10OS/c1-9(13)11-4-2-3-5-12(11)10-6-7-14-8-10/h2-8H,1H3. The van der Waals surface area contributed by atoms with Crippen molar-refractivity contribution in [2.75, 3.05) is 0 Å². The molecule has 0 aliphatic carbocycles. The van der Waals surface area contributed by atoms with Crippen LogP contribution in [0.1, 0.15) is 17.3 Å². The molecular weight excluding hydrogens is 192 g/mol. The first kappa shape index (κ1) is 9.16. The molecule has 0 radical (unpaired) electrons. The minimum Gasteiger partial charge on any atom is -0.294 e. The molecule has 0 spiro atoms. The average Bonchev–Trinajstić information content (AvgIpc) is 2.70. The quantitative estimate of drug-likeness (QED) is 0.680. The van der Waals surface area contributed by atoms with Crippen molar-refractivity contribution in [2.24, 2.45) is 0 Å². The van der Waals surface area contributed by atoms with Crippen LogP contribution in [0, 0.1) is 0 Å². The molecule has 1 aromatic carbocycles. The van der Waals surface area contributed by atoms with Crippen LogP contribution in [-0.2, 0) is 0 Å². The number of benzene rings is 1. The Kier molecular flexibility index (Phi) is 2.46. The summed E-state index contributed by atoms with van der Waals surface area (Å²) in [5.41, 5.74) is 2.95. The van der Waals surface area contributed by atoms with Crippen LogP contribution in [-0.4, -0.2) is 5.78 Å². The van der Waals surface area contributed by atoms with Crippen molar-refractivity contribution < 1.29 is 4.79 Å². The Bertz CT molecular complexity index is 443. The van der Waals surface area contributed by atoms with Gasteiger partial charge in [-0.25, -0.2) is 0 Å². The number of ketones is 1. The molecule has 0 aliphatic rings. The van der Waals surface area contributed by atoms with Crippen LogP contribution in [0.15, 0.2) is 41.1 Å². The minimum atomic E-state index is 0.117. The number of thiophene rings is 1. The first-order chi connectivity index (χ1) is 6.79. The van der Waals surface area contributed by atoms with Crippen LogP contribution in [0.3, 0.4) is 0 Å². The summed E-state index contributed by atoms with van der Waals surface area (Å²) in [7, 11) is 0. The normalized spacial score (nSPS) is 10.1. The summed E-state index contributed by atoms with van der Waals surface area (Å²) in [4.78, 5) is 11.4. The molecule has 1 heterocycles. The highest BCUT2D eigenvalue weighted by atomic mass is 32.1. The zero-order chi connectivity index (χ0) is 9.97. The van der Waals surface area contributed by atoms with E-state index in [0.29, 0.717) is 0 Å². The fourth-order valence-electron chi connectivity index (χ4n) is 1.46. The van der Waals surface area contributed by atoms with E-state index in [0.717, 1.165) is 16.7 Å². The fraction of sp³-hybridized carbons (Fsp3) is 0.0833. The molecule has 0 saturated heterocycles. The van der Waals surface area contributed by atoms with Crippen molar-refractivity contribution >= 4 is 17.1 Å². The van der Waals surface area contributed by atoms with Crippen molar-refractivity contribution in [3.05, 3.63) is 46.7 Å². The van der Waals surface area contributed by atoms with E-state index >= 15 is 0 Å². The Morgan fingerprint density at radius 3 is 2.64 bits per heavy atom. The molecule has 0 saturated carbocycles. The van der Waals surface area contributed by atoms with Gasteiger partial charge in [0, 0.05) is 5.56 Å². The van der Waals surface area contributed by atoms with Crippen LogP contribution in [0.4, 0.5) is 0 Å². The lowest BCUT2D eigenvalue weighted by molar-refractivity contribution is 0.101. The SMILES string of the molecule is CC(=O)c1ccccc1-c1ccsc1. The lowest BCUT2D eigenvalue weighted by Crippen LogP contribution is -1.94. The maximum atomic E-state index is 11.4. The van der Waals surface area contributed by atoms with E-state index < -0.39 is 0 Å². The number of hydrogen-bond donors (Lipinski definition) is 0. The molecule has 2 rings (SSSR count). The summed E-state index contributed by atoms with van der Waals surface area (Å²) in [6.45, 7) is 1.60. The first-order valence-electron chi connectivity index (χ1n) is 4.41. The second kappa shape index (κ2) is 3.76. The summed E-state index contributed by atoms with van der Waals surface area (Å²) in [6.07, 6.45) is 0. The van der Waals surface area contributed by atoms with Crippen molar-refractivity contribution in [2.45, 2.75) is 6.92 Å². The van der Waals surface area contributed by atoms with E-state index in [9.17, 15) is 4.79 Å². The van der Waals surface area contributed by atoms with E-state index in [1.165, 1.54) is 0 Å². The number of hydrogen-bond acceptors (Lipinski definition) is 2. The van der Waals surface area contributed by atoms with E-state index in [-0.39, 0.29) is 5.78 Å². The molecule has 0 aliphatic heterocycles. The van der Waals surface area contributed by atoms with E-state index in [1.807, 2.05) is 35.7 Å². The Morgan fingerprint density at radius 1 is 1.21 bits per heavy atom. The van der Waals surface area contributed by atoms with Gasteiger partial charge in [-0.05, 0) is 34.9 Å². The van der Waals surface area contributed by atoms with Crippen LogP contribution in [0.25, 0.3) is 11.1 Å². The molecule has 0 unspecified atom stereocenters. The highest BCUT2D eigenvalue weighted by molar-refractivity contribution is 7.08. The summed E-state index contributed by atoms with van der Waals surface area (Å²) < 4.78 is 0. The predicted octanol–water partition coefficient (Wildman–Crippen LogP) is 3.62. The van der Waals surface area contributed by atoms with Gasteiger partial charge in [0.25, 0.3) is 0 Å². The van der Waals surface area contributed by atoms with Gasteiger partial charge >= 0.3 is 0 Å². The monoisotopic (exact) mass is 202 g/mol. The fourth-order valence-corrected chi connectivity index (χ4v) is 2.12. The summed E-state index contributed by atoms with van der Waals surface area (Å²) in [5.74, 6) is 0.117. The Labute approximate surface area is 87.0 Å². The van der Waals surface area contributed by atoms with Gasteiger partial charge in [0.2, 0.25) is 0 Å². The van der Waals surface area contributed by atoms with Gasteiger partial charge < -0.3 is 0 Å². The molecule has 0 fully saturated rings. The zero-order valence-electron chi connectivity index (χ0n) is 7.86. The second-order valence-electron chi connectivity index (χ2n) is 3.11. The molecular formula is C12H10OS. The number of rotatable bonds is 2.